The lowest BCUT2D eigenvalue weighted by Gasteiger charge is -2.36. The van der Waals surface area contributed by atoms with Crippen LogP contribution in [-0.4, -0.2) is 19.0 Å². The number of carbonyl (C=O) groups excluding carboxylic acids is 1. The molecule has 1 aromatic rings. The first-order valence-corrected chi connectivity index (χ1v) is 8.31. The van der Waals surface area contributed by atoms with Gasteiger partial charge in [0.2, 0.25) is 5.91 Å². The Balaban J connectivity index is 0.00000242. The summed E-state index contributed by atoms with van der Waals surface area (Å²) in [7, 11) is 0. The second-order valence-corrected chi connectivity index (χ2v) is 6.34. The highest BCUT2D eigenvalue weighted by Crippen LogP contribution is 2.40. The molecule has 1 aromatic carbocycles. The van der Waals surface area contributed by atoms with E-state index in [0.29, 0.717) is 18.1 Å². The number of nitrogens with one attached hydrogen (secondary N) is 1. The standard InChI is InChI=1S/C17H25ClN2O.ClH/c18-15-8-6-7-14(13-15)17(9-2-1-3-10-17)16(21)20-12-5-4-11-19;/h6-8,13H,1-5,9-12,19H2,(H,20,21);1H. The summed E-state index contributed by atoms with van der Waals surface area (Å²) in [5, 5.41) is 3.81. The van der Waals surface area contributed by atoms with E-state index in [-0.39, 0.29) is 18.3 Å². The summed E-state index contributed by atoms with van der Waals surface area (Å²) < 4.78 is 0. The average Bonchev–Trinajstić information content (AvgIpc) is 2.52. The first-order chi connectivity index (χ1) is 10.2. The van der Waals surface area contributed by atoms with Crippen LogP contribution in [0.4, 0.5) is 0 Å². The van der Waals surface area contributed by atoms with Crippen molar-refractivity contribution in [2.24, 2.45) is 5.73 Å². The molecule has 1 saturated carbocycles. The van der Waals surface area contributed by atoms with Crippen LogP contribution in [0.15, 0.2) is 24.3 Å². The fourth-order valence-electron chi connectivity index (χ4n) is 3.23. The SMILES string of the molecule is Cl.NCCCCNC(=O)C1(c2cccc(Cl)c2)CCCCC1. The van der Waals surface area contributed by atoms with Crippen LogP contribution in [0.2, 0.25) is 5.02 Å². The number of hydrogen-bond donors (Lipinski definition) is 2. The average molecular weight is 345 g/mol. The molecule has 2 rings (SSSR count). The number of rotatable bonds is 6. The van der Waals surface area contributed by atoms with Gasteiger partial charge < -0.3 is 11.1 Å². The molecule has 3 N–H and O–H groups in total. The molecule has 1 fully saturated rings. The normalized spacial score (nSPS) is 16.6. The second kappa shape index (κ2) is 9.39. The molecule has 124 valence electrons. The molecule has 0 atom stereocenters. The maximum Gasteiger partial charge on any atom is 0.230 e. The van der Waals surface area contributed by atoms with Crippen molar-refractivity contribution >= 4 is 29.9 Å². The topological polar surface area (TPSA) is 55.1 Å². The van der Waals surface area contributed by atoms with Crippen LogP contribution in [0.3, 0.4) is 0 Å². The molecule has 0 saturated heterocycles. The first-order valence-electron chi connectivity index (χ1n) is 7.93. The molecule has 3 nitrogen and oxygen atoms in total. The lowest BCUT2D eigenvalue weighted by molar-refractivity contribution is -0.128. The molecular weight excluding hydrogens is 319 g/mol. The van der Waals surface area contributed by atoms with Crippen molar-refractivity contribution in [1.29, 1.82) is 0 Å². The minimum Gasteiger partial charge on any atom is -0.355 e. The van der Waals surface area contributed by atoms with Gasteiger partial charge in [0, 0.05) is 11.6 Å². The zero-order valence-electron chi connectivity index (χ0n) is 12.9. The van der Waals surface area contributed by atoms with Gasteiger partial charge in [0.05, 0.1) is 5.41 Å². The van der Waals surface area contributed by atoms with E-state index in [2.05, 4.69) is 5.32 Å². The largest absolute Gasteiger partial charge is 0.355 e. The zero-order valence-corrected chi connectivity index (χ0v) is 14.5. The number of benzene rings is 1. The monoisotopic (exact) mass is 344 g/mol. The zero-order chi connectivity index (χ0) is 15.1. The van der Waals surface area contributed by atoms with E-state index in [0.717, 1.165) is 44.1 Å². The van der Waals surface area contributed by atoms with Crippen molar-refractivity contribution in [2.45, 2.75) is 50.4 Å². The fraction of sp³-hybridized carbons (Fsp3) is 0.588. The highest BCUT2D eigenvalue weighted by Gasteiger charge is 2.40. The number of carbonyl (C=O) groups is 1. The van der Waals surface area contributed by atoms with E-state index in [1.54, 1.807) is 0 Å². The van der Waals surface area contributed by atoms with Gasteiger partial charge in [-0.05, 0) is 49.9 Å². The Morgan fingerprint density at radius 1 is 1.23 bits per heavy atom. The van der Waals surface area contributed by atoms with Gasteiger partial charge in [-0.15, -0.1) is 12.4 Å². The molecule has 0 unspecified atom stereocenters. The maximum absolute atomic E-state index is 12.8. The van der Waals surface area contributed by atoms with Crippen molar-refractivity contribution in [2.75, 3.05) is 13.1 Å². The molecular formula is C17H26Cl2N2O. The number of unbranched alkanes of at least 4 members (excludes halogenated alkanes) is 1. The summed E-state index contributed by atoms with van der Waals surface area (Å²) in [6, 6.07) is 7.79. The van der Waals surface area contributed by atoms with Crippen molar-refractivity contribution < 1.29 is 4.79 Å². The Morgan fingerprint density at radius 3 is 2.59 bits per heavy atom. The predicted octanol–water partition coefficient (Wildman–Crippen LogP) is 3.82. The molecule has 0 radical (unpaired) electrons. The minimum absolute atomic E-state index is 0. The highest BCUT2D eigenvalue weighted by molar-refractivity contribution is 6.30. The van der Waals surface area contributed by atoms with Gasteiger partial charge in [0.15, 0.2) is 0 Å². The number of nitrogens with two attached hydrogens (primary N) is 1. The lowest BCUT2D eigenvalue weighted by atomic mass is 9.68. The third-order valence-electron chi connectivity index (χ3n) is 4.44. The Hall–Kier alpha value is -0.770. The van der Waals surface area contributed by atoms with Crippen LogP contribution in [-0.2, 0) is 10.2 Å². The molecule has 0 bridgehead atoms. The van der Waals surface area contributed by atoms with Crippen LogP contribution < -0.4 is 11.1 Å². The summed E-state index contributed by atoms with van der Waals surface area (Å²) in [6.07, 6.45) is 7.12. The predicted molar refractivity (Wildman–Crippen MR) is 94.8 cm³/mol. The van der Waals surface area contributed by atoms with Crippen LogP contribution >= 0.6 is 24.0 Å². The van der Waals surface area contributed by atoms with E-state index >= 15 is 0 Å². The molecule has 1 aliphatic carbocycles. The minimum atomic E-state index is -0.397. The maximum atomic E-state index is 12.8. The van der Waals surface area contributed by atoms with E-state index < -0.39 is 5.41 Å². The van der Waals surface area contributed by atoms with Crippen molar-refractivity contribution in [3.05, 3.63) is 34.9 Å². The summed E-state index contributed by atoms with van der Waals surface area (Å²) >= 11 is 6.13. The van der Waals surface area contributed by atoms with Crippen LogP contribution in [0.25, 0.3) is 0 Å². The molecule has 0 aliphatic heterocycles. The molecule has 1 amide bonds. The van der Waals surface area contributed by atoms with Crippen LogP contribution in [0.5, 0.6) is 0 Å². The van der Waals surface area contributed by atoms with Crippen LogP contribution in [0.1, 0.15) is 50.5 Å². The highest BCUT2D eigenvalue weighted by atomic mass is 35.5. The summed E-state index contributed by atoms with van der Waals surface area (Å²) in [6.45, 7) is 1.38. The Kier molecular flexibility index (Phi) is 8.23. The van der Waals surface area contributed by atoms with Gasteiger partial charge in [-0.3, -0.25) is 4.79 Å². The van der Waals surface area contributed by atoms with E-state index in [1.165, 1.54) is 6.42 Å². The lowest BCUT2D eigenvalue weighted by Crippen LogP contribution is -2.46. The van der Waals surface area contributed by atoms with E-state index in [9.17, 15) is 4.79 Å². The molecule has 5 heteroatoms. The molecule has 0 aromatic heterocycles. The van der Waals surface area contributed by atoms with Gasteiger partial charge in [-0.1, -0.05) is 43.0 Å². The van der Waals surface area contributed by atoms with Gasteiger partial charge >= 0.3 is 0 Å². The Morgan fingerprint density at radius 2 is 1.95 bits per heavy atom. The van der Waals surface area contributed by atoms with Crippen molar-refractivity contribution in [3.63, 3.8) is 0 Å². The van der Waals surface area contributed by atoms with Crippen molar-refractivity contribution in [1.82, 2.24) is 5.32 Å². The number of hydrogen-bond acceptors (Lipinski definition) is 2. The van der Waals surface area contributed by atoms with Crippen LogP contribution in [0, 0.1) is 0 Å². The van der Waals surface area contributed by atoms with Crippen molar-refractivity contribution in [3.8, 4) is 0 Å². The number of amides is 1. The smallest absolute Gasteiger partial charge is 0.230 e. The van der Waals surface area contributed by atoms with Gasteiger partial charge in [0.1, 0.15) is 0 Å². The Bertz CT molecular complexity index is 473. The first kappa shape index (κ1) is 19.3. The quantitative estimate of drug-likeness (QED) is 0.770. The third kappa shape index (κ3) is 4.61. The summed E-state index contributed by atoms with van der Waals surface area (Å²) in [5.41, 5.74) is 6.16. The van der Waals surface area contributed by atoms with Gasteiger partial charge in [-0.2, -0.15) is 0 Å². The molecule has 1 aliphatic rings. The summed E-state index contributed by atoms with van der Waals surface area (Å²) in [5.74, 6) is 0.154. The van der Waals surface area contributed by atoms with Gasteiger partial charge in [0.25, 0.3) is 0 Å². The molecule has 0 heterocycles. The van der Waals surface area contributed by atoms with E-state index in [4.69, 9.17) is 17.3 Å². The Labute approximate surface area is 144 Å². The molecule has 22 heavy (non-hydrogen) atoms. The van der Waals surface area contributed by atoms with E-state index in [1.807, 2.05) is 24.3 Å². The summed E-state index contributed by atoms with van der Waals surface area (Å²) in [4.78, 5) is 12.8. The third-order valence-corrected chi connectivity index (χ3v) is 4.67. The number of halogens is 2. The second-order valence-electron chi connectivity index (χ2n) is 5.90. The van der Waals surface area contributed by atoms with Gasteiger partial charge in [-0.25, -0.2) is 0 Å². The fourth-order valence-corrected chi connectivity index (χ4v) is 3.42. The molecule has 0 spiro atoms.